The molecule has 21 heavy (non-hydrogen) atoms. The van der Waals surface area contributed by atoms with E-state index in [2.05, 4.69) is 0 Å². The largest absolute Gasteiger partial charge is 0.366 e. The standard InChI is InChI=1S/C14H18ClF2NO2S/c15-9-10-18(11-5-1-2-6-11)12-7-3-4-8-13(12)21(19,20)14(16)17/h3-4,7-8,11,14H,1-2,5-6,9-10H2. The summed E-state index contributed by atoms with van der Waals surface area (Å²) in [6, 6.07) is 6.12. The molecule has 0 spiro atoms. The van der Waals surface area contributed by atoms with E-state index in [-0.39, 0.29) is 10.9 Å². The predicted octanol–water partition coefficient (Wildman–Crippen LogP) is 3.67. The zero-order chi connectivity index (χ0) is 15.5. The van der Waals surface area contributed by atoms with E-state index in [0.29, 0.717) is 18.1 Å². The molecule has 0 aromatic heterocycles. The lowest BCUT2D eigenvalue weighted by Gasteiger charge is -2.32. The van der Waals surface area contributed by atoms with Crippen LogP contribution in [0.25, 0.3) is 0 Å². The third kappa shape index (κ3) is 3.48. The Morgan fingerprint density at radius 1 is 1.24 bits per heavy atom. The van der Waals surface area contributed by atoms with Gasteiger partial charge in [-0.25, -0.2) is 8.42 Å². The van der Waals surface area contributed by atoms with Crippen LogP contribution in [0.1, 0.15) is 25.7 Å². The maximum atomic E-state index is 12.9. The fourth-order valence-corrected chi connectivity index (χ4v) is 3.96. The van der Waals surface area contributed by atoms with Gasteiger partial charge in [-0.2, -0.15) is 8.78 Å². The van der Waals surface area contributed by atoms with Gasteiger partial charge >= 0.3 is 5.76 Å². The highest BCUT2D eigenvalue weighted by atomic mass is 35.5. The minimum absolute atomic E-state index is 0.165. The molecule has 2 rings (SSSR count). The quantitative estimate of drug-likeness (QED) is 0.743. The molecule has 0 radical (unpaired) electrons. The summed E-state index contributed by atoms with van der Waals surface area (Å²) in [6.07, 6.45) is 3.99. The van der Waals surface area contributed by atoms with Crippen molar-refractivity contribution in [3.8, 4) is 0 Å². The van der Waals surface area contributed by atoms with Crippen molar-refractivity contribution in [1.29, 1.82) is 0 Å². The van der Waals surface area contributed by atoms with Gasteiger partial charge in [-0.3, -0.25) is 0 Å². The van der Waals surface area contributed by atoms with Crippen LogP contribution in [-0.4, -0.2) is 32.6 Å². The zero-order valence-electron chi connectivity index (χ0n) is 11.5. The Hall–Kier alpha value is -0.880. The number of sulfone groups is 1. The Kier molecular flexibility index (Phi) is 5.43. The van der Waals surface area contributed by atoms with Crippen LogP contribution in [0.4, 0.5) is 14.5 Å². The summed E-state index contributed by atoms with van der Waals surface area (Å²) in [6.45, 7) is 0.446. The van der Waals surface area contributed by atoms with Gasteiger partial charge < -0.3 is 4.90 Å². The summed E-state index contributed by atoms with van der Waals surface area (Å²) in [5, 5.41) is 0. The molecule has 1 aromatic rings. The zero-order valence-corrected chi connectivity index (χ0v) is 13.1. The first kappa shape index (κ1) is 16.5. The smallest absolute Gasteiger partial charge is 0.341 e. The van der Waals surface area contributed by atoms with E-state index >= 15 is 0 Å². The average molecular weight is 338 g/mol. The molecule has 7 heteroatoms. The Labute approximate surface area is 128 Å². The lowest BCUT2D eigenvalue weighted by Crippen LogP contribution is -2.36. The molecule has 0 heterocycles. The second kappa shape index (κ2) is 6.92. The molecule has 0 aliphatic heterocycles. The molecule has 1 aliphatic carbocycles. The molecule has 3 nitrogen and oxygen atoms in total. The molecule has 1 saturated carbocycles. The first-order valence-corrected chi connectivity index (χ1v) is 9.00. The van der Waals surface area contributed by atoms with Crippen molar-refractivity contribution in [3.05, 3.63) is 24.3 Å². The Morgan fingerprint density at radius 3 is 2.43 bits per heavy atom. The van der Waals surface area contributed by atoms with Crippen LogP contribution in [0.5, 0.6) is 0 Å². The number of nitrogens with zero attached hydrogens (tertiary/aromatic N) is 1. The highest BCUT2D eigenvalue weighted by Gasteiger charge is 2.32. The number of para-hydroxylation sites is 1. The molecule has 0 atom stereocenters. The predicted molar refractivity (Wildman–Crippen MR) is 80.0 cm³/mol. The molecule has 0 unspecified atom stereocenters. The van der Waals surface area contributed by atoms with Gasteiger partial charge in [0.1, 0.15) is 0 Å². The summed E-state index contributed by atoms with van der Waals surface area (Å²) >= 11 is 5.81. The lowest BCUT2D eigenvalue weighted by atomic mass is 10.1. The number of halogens is 3. The first-order chi connectivity index (χ1) is 9.98. The van der Waals surface area contributed by atoms with E-state index in [1.165, 1.54) is 12.1 Å². The van der Waals surface area contributed by atoms with E-state index < -0.39 is 15.6 Å². The fourth-order valence-electron chi connectivity index (χ4n) is 2.84. The number of benzene rings is 1. The summed E-state index contributed by atoms with van der Waals surface area (Å²) in [5.41, 5.74) is 0.338. The van der Waals surface area contributed by atoms with Gasteiger partial charge in [-0.1, -0.05) is 25.0 Å². The second-order valence-electron chi connectivity index (χ2n) is 5.09. The van der Waals surface area contributed by atoms with Gasteiger partial charge in [-0.15, -0.1) is 11.6 Å². The van der Waals surface area contributed by atoms with Crippen molar-refractivity contribution in [2.75, 3.05) is 17.3 Å². The molecule has 1 aliphatic rings. The third-order valence-electron chi connectivity index (χ3n) is 3.81. The number of anilines is 1. The topological polar surface area (TPSA) is 37.4 Å². The molecule has 0 saturated heterocycles. The summed E-state index contributed by atoms with van der Waals surface area (Å²) in [5.74, 6) is -3.10. The Bertz CT molecular complexity index is 574. The van der Waals surface area contributed by atoms with Crippen molar-refractivity contribution in [2.24, 2.45) is 0 Å². The lowest BCUT2D eigenvalue weighted by molar-refractivity contribution is 0.234. The van der Waals surface area contributed by atoms with Gasteiger partial charge in [0.25, 0.3) is 0 Å². The van der Waals surface area contributed by atoms with Crippen LogP contribution in [0, 0.1) is 0 Å². The molecule has 0 N–H and O–H groups in total. The van der Waals surface area contributed by atoms with Crippen molar-refractivity contribution < 1.29 is 17.2 Å². The normalized spacial score (nSPS) is 16.6. The van der Waals surface area contributed by atoms with Gasteiger partial charge in [0.05, 0.1) is 10.6 Å². The molecule has 118 valence electrons. The van der Waals surface area contributed by atoms with Gasteiger partial charge in [0.2, 0.25) is 9.84 Å². The number of rotatable bonds is 6. The van der Waals surface area contributed by atoms with Gasteiger partial charge in [-0.05, 0) is 25.0 Å². The Morgan fingerprint density at radius 2 is 1.86 bits per heavy atom. The summed E-state index contributed by atoms with van der Waals surface area (Å²) < 4.78 is 49.5. The van der Waals surface area contributed by atoms with Crippen molar-refractivity contribution in [2.45, 2.75) is 42.4 Å². The van der Waals surface area contributed by atoms with Crippen molar-refractivity contribution >= 4 is 27.1 Å². The number of hydrogen-bond acceptors (Lipinski definition) is 3. The molecular formula is C14H18ClF2NO2S. The number of alkyl halides is 3. The van der Waals surface area contributed by atoms with Gasteiger partial charge in [0.15, 0.2) is 0 Å². The minimum atomic E-state index is -4.62. The SMILES string of the molecule is O=S(=O)(c1ccccc1N(CCCl)C1CCCC1)C(F)F. The van der Waals surface area contributed by atoms with Crippen molar-refractivity contribution in [3.63, 3.8) is 0 Å². The maximum absolute atomic E-state index is 12.9. The van der Waals surface area contributed by atoms with Crippen LogP contribution in [0.2, 0.25) is 0 Å². The minimum Gasteiger partial charge on any atom is -0.366 e. The monoisotopic (exact) mass is 337 g/mol. The molecule has 1 fully saturated rings. The highest BCUT2D eigenvalue weighted by molar-refractivity contribution is 7.91. The van der Waals surface area contributed by atoms with Gasteiger partial charge in [0, 0.05) is 18.5 Å². The summed E-state index contributed by atoms with van der Waals surface area (Å²) in [4.78, 5) is 1.56. The molecular weight excluding hydrogens is 320 g/mol. The molecule has 0 amide bonds. The van der Waals surface area contributed by atoms with Crippen molar-refractivity contribution in [1.82, 2.24) is 0 Å². The number of hydrogen-bond donors (Lipinski definition) is 0. The Balaban J connectivity index is 2.46. The van der Waals surface area contributed by atoms with E-state index in [1.807, 2.05) is 4.90 Å². The van der Waals surface area contributed by atoms with E-state index in [1.54, 1.807) is 12.1 Å². The first-order valence-electron chi connectivity index (χ1n) is 6.92. The van der Waals surface area contributed by atoms with Crippen LogP contribution < -0.4 is 4.90 Å². The summed E-state index contributed by atoms with van der Waals surface area (Å²) in [7, 11) is -4.62. The van der Waals surface area contributed by atoms with E-state index in [4.69, 9.17) is 11.6 Å². The van der Waals surface area contributed by atoms with Crippen LogP contribution >= 0.6 is 11.6 Å². The maximum Gasteiger partial charge on any atom is 0.341 e. The van der Waals surface area contributed by atoms with Crippen LogP contribution in [0.15, 0.2) is 29.2 Å². The fraction of sp³-hybridized carbons (Fsp3) is 0.571. The third-order valence-corrected chi connectivity index (χ3v) is 5.40. The van der Waals surface area contributed by atoms with E-state index in [9.17, 15) is 17.2 Å². The van der Waals surface area contributed by atoms with Crippen LogP contribution in [-0.2, 0) is 9.84 Å². The molecule has 0 bridgehead atoms. The highest BCUT2D eigenvalue weighted by Crippen LogP contribution is 2.34. The van der Waals surface area contributed by atoms with Crippen LogP contribution in [0.3, 0.4) is 0 Å². The second-order valence-corrected chi connectivity index (χ2v) is 7.36. The molecule has 1 aromatic carbocycles. The average Bonchev–Trinajstić information content (AvgIpc) is 2.98. The van der Waals surface area contributed by atoms with E-state index in [0.717, 1.165) is 25.7 Å².